The van der Waals surface area contributed by atoms with Crippen LogP contribution in [-0.4, -0.2) is 4.37 Å². The SMILES string of the molecule is Cc1nsc(Nc2c(F)cc(F)cc2Br)c1C#N. The molecule has 0 spiro atoms. The van der Waals surface area contributed by atoms with Crippen molar-refractivity contribution in [3.8, 4) is 6.07 Å². The zero-order valence-corrected chi connectivity index (χ0v) is 11.5. The lowest BCUT2D eigenvalue weighted by Gasteiger charge is -2.08. The van der Waals surface area contributed by atoms with E-state index in [0.717, 1.165) is 23.7 Å². The minimum Gasteiger partial charge on any atom is -0.342 e. The van der Waals surface area contributed by atoms with Crippen molar-refractivity contribution in [2.24, 2.45) is 0 Å². The highest BCUT2D eigenvalue weighted by Gasteiger charge is 2.15. The molecule has 1 N–H and O–H groups in total. The molecule has 7 heteroatoms. The minimum atomic E-state index is -0.739. The van der Waals surface area contributed by atoms with Gasteiger partial charge in [-0.25, -0.2) is 8.78 Å². The fourth-order valence-electron chi connectivity index (χ4n) is 1.36. The molecule has 0 atom stereocenters. The van der Waals surface area contributed by atoms with Crippen molar-refractivity contribution in [2.75, 3.05) is 5.32 Å². The monoisotopic (exact) mass is 329 g/mol. The van der Waals surface area contributed by atoms with Crippen molar-refractivity contribution in [1.29, 1.82) is 5.26 Å². The molecule has 0 radical (unpaired) electrons. The zero-order chi connectivity index (χ0) is 13.3. The standard InChI is InChI=1S/C11H6BrF2N3S/c1-5-7(4-15)11(18-17-5)16-10-8(12)2-6(13)3-9(10)14/h2-3,16H,1H3. The Hall–Kier alpha value is -1.52. The number of hydrogen-bond donors (Lipinski definition) is 1. The third kappa shape index (κ3) is 2.35. The smallest absolute Gasteiger partial charge is 0.150 e. The third-order valence-corrected chi connectivity index (χ3v) is 3.70. The van der Waals surface area contributed by atoms with Gasteiger partial charge in [0.2, 0.25) is 0 Å². The third-order valence-electron chi connectivity index (χ3n) is 2.22. The van der Waals surface area contributed by atoms with Crippen molar-refractivity contribution < 1.29 is 8.78 Å². The summed E-state index contributed by atoms with van der Waals surface area (Å²) in [5.41, 5.74) is 1.01. The Bertz CT molecular complexity index is 625. The molecule has 1 aromatic heterocycles. The molecule has 0 aliphatic carbocycles. The molecule has 0 fully saturated rings. The number of halogens is 3. The van der Waals surface area contributed by atoms with E-state index in [2.05, 4.69) is 25.6 Å². The van der Waals surface area contributed by atoms with E-state index in [1.165, 1.54) is 0 Å². The van der Waals surface area contributed by atoms with Gasteiger partial charge in [-0.3, -0.25) is 0 Å². The fraction of sp³-hybridized carbons (Fsp3) is 0.0909. The van der Waals surface area contributed by atoms with Crippen LogP contribution in [0.4, 0.5) is 19.5 Å². The van der Waals surface area contributed by atoms with Gasteiger partial charge in [0.05, 0.1) is 11.4 Å². The minimum absolute atomic E-state index is 0.0801. The highest BCUT2D eigenvalue weighted by atomic mass is 79.9. The lowest BCUT2D eigenvalue weighted by atomic mass is 10.2. The van der Waals surface area contributed by atoms with Gasteiger partial charge < -0.3 is 5.32 Å². The van der Waals surface area contributed by atoms with Crippen LogP contribution in [0.1, 0.15) is 11.3 Å². The van der Waals surface area contributed by atoms with Gasteiger partial charge in [-0.2, -0.15) is 9.64 Å². The summed E-state index contributed by atoms with van der Waals surface area (Å²) in [5.74, 6) is -1.41. The number of anilines is 2. The molecule has 92 valence electrons. The van der Waals surface area contributed by atoms with E-state index in [1.54, 1.807) is 6.92 Å². The molecule has 0 aliphatic rings. The van der Waals surface area contributed by atoms with Crippen LogP contribution in [0.5, 0.6) is 0 Å². The van der Waals surface area contributed by atoms with Crippen LogP contribution in [0.3, 0.4) is 0 Å². The first-order valence-electron chi connectivity index (χ1n) is 4.81. The molecule has 0 saturated carbocycles. The normalized spacial score (nSPS) is 10.2. The van der Waals surface area contributed by atoms with Crippen LogP contribution in [0.25, 0.3) is 0 Å². The second-order valence-electron chi connectivity index (χ2n) is 3.45. The van der Waals surface area contributed by atoms with Crippen molar-refractivity contribution in [3.63, 3.8) is 0 Å². The Kier molecular flexibility index (Phi) is 3.59. The summed E-state index contributed by atoms with van der Waals surface area (Å²) in [7, 11) is 0. The van der Waals surface area contributed by atoms with E-state index in [4.69, 9.17) is 5.26 Å². The number of nitrogens with one attached hydrogen (secondary N) is 1. The topological polar surface area (TPSA) is 48.7 Å². The Morgan fingerprint density at radius 2 is 2.17 bits per heavy atom. The largest absolute Gasteiger partial charge is 0.342 e. The number of aryl methyl sites for hydroxylation is 1. The molecule has 1 aromatic carbocycles. The maximum atomic E-state index is 13.6. The van der Waals surface area contributed by atoms with Gasteiger partial charge in [-0.15, -0.1) is 0 Å². The van der Waals surface area contributed by atoms with Crippen molar-refractivity contribution in [3.05, 3.63) is 39.5 Å². The molecule has 0 bridgehead atoms. The van der Waals surface area contributed by atoms with E-state index in [-0.39, 0.29) is 10.2 Å². The van der Waals surface area contributed by atoms with Crippen molar-refractivity contribution in [2.45, 2.75) is 6.92 Å². The Balaban J connectivity index is 2.44. The zero-order valence-electron chi connectivity index (χ0n) is 9.09. The fourth-order valence-corrected chi connectivity index (χ4v) is 2.62. The van der Waals surface area contributed by atoms with Crippen molar-refractivity contribution >= 4 is 38.2 Å². The molecule has 1 heterocycles. The summed E-state index contributed by atoms with van der Waals surface area (Å²) in [4.78, 5) is 0. The summed E-state index contributed by atoms with van der Waals surface area (Å²) in [6.07, 6.45) is 0. The Morgan fingerprint density at radius 1 is 1.44 bits per heavy atom. The quantitative estimate of drug-likeness (QED) is 0.902. The van der Waals surface area contributed by atoms with Gasteiger partial charge in [-0.1, -0.05) is 0 Å². The first-order chi connectivity index (χ1) is 8.52. The molecule has 3 nitrogen and oxygen atoms in total. The van der Waals surface area contributed by atoms with Crippen LogP contribution < -0.4 is 5.32 Å². The van der Waals surface area contributed by atoms with Gasteiger partial charge >= 0.3 is 0 Å². The summed E-state index contributed by atoms with van der Waals surface area (Å²) < 4.78 is 30.8. The van der Waals surface area contributed by atoms with Crippen LogP contribution >= 0.6 is 27.5 Å². The van der Waals surface area contributed by atoms with E-state index in [1.807, 2.05) is 6.07 Å². The molecular weight excluding hydrogens is 324 g/mol. The van der Waals surface area contributed by atoms with E-state index in [0.29, 0.717) is 16.3 Å². The molecular formula is C11H6BrF2N3S. The second-order valence-corrected chi connectivity index (χ2v) is 5.08. The highest BCUT2D eigenvalue weighted by molar-refractivity contribution is 9.10. The predicted molar refractivity (Wildman–Crippen MR) is 68.9 cm³/mol. The van der Waals surface area contributed by atoms with Gasteiger partial charge in [0.1, 0.15) is 22.5 Å². The lowest BCUT2D eigenvalue weighted by molar-refractivity contribution is 0.584. The predicted octanol–water partition coefficient (Wildman–Crippen LogP) is 4.11. The molecule has 0 saturated heterocycles. The number of benzene rings is 1. The van der Waals surface area contributed by atoms with E-state index < -0.39 is 11.6 Å². The van der Waals surface area contributed by atoms with E-state index >= 15 is 0 Å². The van der Waals surface area contributed by atoms with Gasteiger partial charge in [0, 0.05) is 10.5 Å². The number of aromatic nitrogens is 1. The number of hydrogen-bond acceptors (Lipinski definition) is 4. The van der Waals surface area contributed by atoms with Crippen LogP contribution in [-0.2, 0) is 0 Å². The summed E-state index contributed by atoms with van der Waals surface area (Å²) >= 11 is 4.12. The average Bonchev–Trinajstić information content (AvgIpc) is 2.64. The van der Waals surface area contributed by atoms with Crippen molar-refractivity contribution in [1.82, 2.24) is 4.37 Å². The first-order valence-corrected chi connectivity index (χ1v) is 6.37. The van der Waals surface area contributed by atoms with Gasteiger partial charge in [-0.05, 0) is 40.5 Å². The molecule has 0 unspecified atom stereocenters. The van der Waals surface area contributed by atoms with Crippen LogP contribution in [0.15, 0.2) is 16.6 Å². The first kappa shape index (κ1) is 12.9. The maximum absolute atomic E-state index is 13.6. The average molecular weight is 330 g/mol. The molecule has 0 aliphatic heterocycles. The second kappa shape index (κ2) is 5.00. The molecule has 18 heavy (non-hydrogen) atoms. The van der Waals surface area contributed by atoms with Gasteiger partial charge in [0.25, 0.3) is 0 Å². The number of nitrogens with zero attached hydrogens (tertiary/aromatic N) is 2. The lowest BCUT2D eigenvalue weighted by Crippen LogP contribution is -1.96. The Labute approximate surface area is 114 Å². The highest BCUT2D eigenvalue weighted by Crippen LogP contribution is 2.33. The van der Waals surface area contributed by atoms with Gasteiger partial charge in [0.15, 0.2) is 5.82 Å². The van der Waals surface area contributed by atoms with E-state index in [9.17, 15) is 8.78 Å². The number of nitriles is 1. The van der Waals surface area contributed by atoms with Crippen LogP contribution in [0, 0.1) is 29.9 Å². The molecule has 2 rings (SSSR count). The summed E-state index contributed by atoms with van der Waals surface area (Å²) in [6, 6.07) is 3.90. The summed E-state index contributed by atoms with van der Waals surface area (Å²) in [5, 5.41) is 12.1. The number of rotatable bonds is 2. The Morgan fingerprint density at radius 3 is 2.78 bits per heavy atom. The molecule has 2 aromatic rings. The van der Waals surface area contributed by atoms with Crippen LogP contribution in [0.2, 0.25) is 0 Å². The molecule has 0 amide bonds. The maximum Gasteiger partial charge on any atom is 0.150 e. The summed E-state index contributed by atoms with van der Waals surface area (Å²) in [6.45, 7) is 1.69.